The summed E-state index contributed by atoms with van der Waals surface area (Å²) in [5.41, 5.74) is 3.72. The molecule has 94 valence electrons. The summed E-state index contributed by atoms with van der Waals surface area (Å²) in [6.45, 7) is 3.22. The van der Waals surface area contributed by atoms with Crippen LogP contribution < -0.4 is 5.32 Å². The number of rotatable bonds is 2. The van der Waals surface area contributed by atoms with E-state index in [1.54, 1.807) is 0 Å². The van der Waals surface area contributed by atoms with Crippen LogP contribution in [0.5, 0.6) is 0 Å². The van der Waals surface area contributed by atoms with Gasteiger partial charge in [-0.1, -0.05) is 29.8 Å². The Morgan fingerprint density at radius 1 is 1.28 bits per heavy atom. The van der Waals surface area contributed by atoms with E-state index in [9.17, 15) is 0 Å². The molecule has 2 heterocycles. The molecule has 0 bridgehead atoms. The molecule has 2 aromatic rings. The fraction of sp³-hybridized carbons (Fsp3) is 0.400. The highest BCUT2D eigenvalue weighted by molar-refractivity contribution is 5.59. The summed E-state index contributed by atoms with van der Waals surface area (Å²) in [7, 11) is 2.11. The van der Waals surface area contributed by atoms with E-state index in [0.717, 1.165) is 12.4 Å². The van der Waals surface area contributed by atoms with Gasteiger partial charge in [-0.2, -0.15) is 0 Å². The normalized spacial score (nSPS) is 19.3. The van der Waals surface area contributed by atoms with Crippen molar-refractivity contribution in [2.24, 2.45) is 7.05 Å². The Morgan fingerprint density at radius 2 is 2.06 bits per heavy atom. The Morgan fingerprint density at radius 3 is 2.72 bits per heavy atom. The smallest absolute Gasteiger partial charge is 0.126 e. The van der Waals surface area contributed by atoms with Gasteiger partial charge in [-0.05, 0) is 31.9 Å². The van der Waals surface area contributed by atoms with Crippen LogP contribution in [0.3, 0.4) is 0 Å². The zero-order valence-electron chi connectivity index (χ0n) is 11.0. The van der Waals surface area contributed by atoms with Gasteiger partial charge in [0, 0.05) is 7.05 Å². The van der Waals surface area contributed by atoms with Crippen LogP contribution in [-0.2, 0) is 7.05 Å². The zero-order valence-corrected chi connectivity index (χ0v) is 11.0. The number of benzene rings is 1. The van der Waals surface area contributed by atoms with Crippen LogP contribution >= 0.6 is 0 Å². The summed E-state index contributed by atoms with van der Waals surface area (Å²) < 4.78 is 2.22. The van der Waals surface area contributed by atoms with Crippen molar-refractivity contribution >= 4 is 0 Å². The fourth-order valence-corrected chi connectivity index (χ4v) is 2.65. The first-order chi connectivity index (χ1) is 8.75. The molecule has 1 unspecified atom stereocenters. The van der Waals surface area contributed by atoms with Crippen molar-refractivity contribution in [3.05, 3.63) is 41.9 Å². The molecule has 1 aliphatic rings. The molecule has 0 saturated carbocycles. The standard InChI is InChI=1S/C15H19N3/c1-11-5-7-12(8-6-11)14-10-17-15(18(14)2)13-4-3-9-16-13/h5-8,10,13,16H,3-4,9H2,1-2H3. The minimum atomic E-state index is 0.425. The molecule has 3 rings (SSSR count). The lowest BCUT2D eigenvalue weighted by molar-refractivity contribution is 0.581. The number of aryl methyl sites for hydroxylation is 1. The molecular formula is C15H19N3. The minimum absolute atomic E-state index is 0.425. The third-order valence-corrected chi connectivity index (χ3v) is 3.74. The summed E-state index contributed by atoms with van der Waals surface area (Å²) in [5, 5.41) is 3.50. The van der Waals surface area contributed by atoms with E-state index in [-0.39, 0.29) is 0 Å². The molecule has 1 aliphatic heterocycles. The van der Waals surface area contributed by atoms with Gasteiger partial charge < -0.3 is 9.88 Å². The average molecular weight is 241 g/mol. The maximum atomic E-state index is 4.60. The SMILES string of the molecule is Cc1ccc(-c2cnc(C3CCCN3)n2C)cc1. The van der Waals surface area contributed by atoms with E-state index < -0.39 is 0 Å². The Labute approximate surface area is 108 Å². The van der Waals surface area contributed by atoms with Gasteiger partial charge in [-0.3, -0.25) is 0 Å². The molecule has 1 fully saturated rings. The van der Waals surface area contributed by atoms with Gasteiger partial charge >= 0.3 is 0 Å². The van der Waals surface area contributed by atoms with Crippen LogP contribution in [0.4, 0.5) is 0 Å². The lowest BCUT2D eigenvalue weighted by Crippen LogP contribution is -2.17. The van der Waals surface area contributed by atoms with Gasteiger partial charge in [0.25, 0.3) is 0 Å². The molecule has 0 radical (unpaired) electrons. The Kier molecular flexibility index (Phi) is 2.92. The number of hydrogen-bond acceptors (Lipinski definition) is 2. The number of nitrogens with zero attached hydrogens (tertiary/aromatic N) is 2. The van der Waals surface area contributed by atoms with Gasteiger partial charge in [-0.25, -0.2) is 4.98 Å². The van der Waals surface area contributed by atoms with Crippen molar-refractivity contribution in [1.82, 2.24) is 14.9 Å². The summed E-state index contributed by atoms with van der Waals surface area (Å²) in [4.78, 5) is 4.60. The van der Waals surface area contributed by atoms with Gasteiger partial charge in [0.05, 0.1) is 17.9 Å². The average Bonchev–Trinajstić information content (AvgIpc) is 2.99. The molecule has 1 N–H and O–H groups in total. The number of hydrogen-bond donors (Lipinski definition) is 1. The van der Waals surface area contributed by atoms with Crippen molar-refractivity contribution in [1.29, 1.82) is 0 Å². The summed E-state index contributed by atoms with van der Waals surface area (Å²) >= 11 is 0. The molecule has 1 atom stereocenters. The monoisotopic (exact) mass is 241 g/mol. The highest BCUT2D eigenvalue weighted by Crippen LogP contribution is 2.26. The van der Waals surface area contributed by atoms with E-state index in [2.05, 4.69) is 53.1 Å². The van der Waals surface area contributed by atoms with E-state index in [1.807, 2.05) is 6.20 Å². The molecule has 1 aromatic heterocycles. The minimum Gasteiger partial charge on any atom is -0.330 e. The summed E-state index contributed by atoms with van der Waals surface area (Å²) in [6.07, 6.45) is 4.43. The Balaban J connectivity index is 1.96. The first kappa shape index (κ1) is 11.5. The van der Waals surface area contributed by atoms with Crippen molar-refractivity contribution in [3.8, 4) is 11.3 Å². The van der Waals surface area contributed by atoms with Crippen LogP contribution in [0.1, 0.15) is 30.3 Å². The van der Waals surface area contributed by atoms with E-state index in [1.165, 1.54) is 29.7 Å². The van der Waals surface area contributed by atoms with Gasteiger partial charge in [0.1, 0.15) is 5.82 Å². The lowest BCUT2D eigenvalue weighted by Gasteiger charge is -2.11. The van der Waals surface area contributed by atoms with E-state index in [4.69, 9.17) is 0 Å². The van der Waals surface area contributed by atoms with Gasteiger partial charge in [0.2, 0.25) is 0 Å². The molecule has 3 nitrogen and oxygen atoms in total. The number of aromatic nitrogens is 2. The second-order valence-electron chi connectivity index (χ2n) is 5.08. The molecule has 0 spiro atoms. The van der Waals surface area contributed by atoms with Crippen LogP contribution in [0.15, 0.2) is 30.5 Å². The molecular weight excluding hydrogens is 222 g/mol. The topological polar surface area (TPSA) is 29.9 Å². The highest BCUT2D eigenvalue weighted by Gasteiger charge is 2.21. The Bertz CT molecular complexity index is 533. The predicted molar refractivity (Wildman–Crippen MR) is 73.4 cm³/mol. The third-order valence-electron chi connectivity index (χ3n) is 3.74. The van der Waals surface area contributed by atoms with Crippen molar-refractivity contribution in [2.75, 3.05) is 6.54 Å². The first-order valence-electron chi connectivity index (χ1n) is 6.58. The van der Waals surface area contributed by atoms with Gasteiger partial charge in [0.15, 0.2) is 0 Å². The quantitative estimate of drug-likeness (QED) is 0.876. The van der Waals surface area contributed by atoms with Crippen molar-refractivity contribution in [2.45, 2.75) is 25.8 Å². The second-order valence-corrected chi connectivity index (χ2v) is 5.08. The Hall–Kier alpha value is -1.61. The molecule has 0 aliphatic carbocycles. The molecule has 1 aromatic carbocycles. The van der Waals surface area contributed by atoms with Crippen molar-refractivity contribution in [3.63, 3.8) is 0 Å². The van der Waals surface area contributed by atoms with Crippen LogP contribution in [-0.4, -0.2) is 16.1 Å². The van der Waals surface area contributed by atoms with E-state index in [0.29, 0.717) is 6.04 Å². The van der Waals surface area contributed by atoms with Crippen LogP contribution in [0.25, 0.3) is 11.3 Å². The predicted octanol–water partition coefficient (Wildman–Crippen LogP) is 2.82. The van der Waals surface area contributed by atoms with Crippen LogP contribution in [0, 0.1) is 6.92 Å². The molecule has 3 heteroatoms. The molecule has 0 amide bonds. The largest absolute Gasteiger partial charge is 0.330 e. The van der Waals surface area contributed by atoms with Crippen molar-refractivity contribution < 1.29 is 0 Å². The van der Waals surface area contributed by atoms with E-state index >= 15 is 0 Å². The van der Waals surface area contributed by atoms with Crippen LogP contribution in [0.2, 0.25) is 0 Å². The molecule has 1 saturated heterocycles. The molecule has 18 heavy (non-hydrogen) atoms. The maximum absolute atomic E-state index is 4.60. The number of nitrogens with one attached hydrogen (secondary N) is 1. The maximum Gasteiger partial charge on any atom is 0.126 e. The fourth-order valence-electron chi connectivity index (χ4n) is 2.65. The lowest BCUT2D eigenvalue weighted by atomic mass is 10.1. The third kappa shape index (κ3) is 1.95. The second kappa shape index (κ2) is 4.58. The number of imidazole rings is 1. The zero-order chi connectivity index (χ0) is 12.5. The van der Waals surface area contributed by atoms with Gasteiger partial charge in [-0.15, -0.1) is 0 Å². The first-order valence-corrected chi connectivity index (χ1v) is 6.58. The summed E-state index contributed by atoms with van der Waals surface area (Å²) in [5.74, 6) is 1.16. The highest BCUT2D eigenvalue weighted by atomic mass is 15.1. The summed E-state index contributed by atoms with van der Waals surface area (Å²) in [6, 6.07) is 9.05.